The van der Waals surface area contributed by atoms with Crippen LogP contribution >= 0.6 is 0 Å². The fourth-order valence-corrected chi connectivity index (χ4v) is 2.55. The van der Waals surface area contributed by atoms with Crippen LogP contribution in [-0.2, 0) is 0 Å². The number of hydrogen-bond donors (Lipinski definition) is 2. The Morgan fingerprint density at radius 1 is 1.27 bits per heavy atom. The SMILES string of the molecule is N=C(N)[C@H]1CCCCC12CC2. The first-order chi connectivity index (χ1) is 5.25. The molecular formula is C9H16N2. The second-order valence-electron chi connectivity index (χ2n) is 4.12. The van der Waals surface area contributed by atoms with Crippen molar-refractivity contribution in [2.45, 2.75) is 38.5 Å². The van der Waals surface area contributed by atoms with Gasteiger partial charge in [-0.3, -0.25) is 5.41 Å². The fourth-order valence-electron chi connectivity index (χ4n) is 2.55. The van der Waals surface area contributed by atoms with Crippen LogP contribution in [0.2, 0.25) is 0 Å². The zero-order valence-corrected chi connectivity index (χ0v) is 6.90. The van der Waals surface area contributed by atoms with Crippen LogP contribution in [0.3, 0.4) is 0 Å². The fraction of sp³-hybridized carbons (Fsp3) is 0.889. The maximum Gasteiger partial charge on any atom is 0.0942 e. The van der Waals surface area contributed by atoms with Crippen LogP contribution < -0.4 is 5.73 Å². The molecule has 62 valence electrons. The zero-order valence-electron chi connectivity index (χ0n) is 6.90. The third kappa shape index (κ3) is 1.05. The summed E-state index contributed by atoms with van der Waals surface area (Å²) in [6.07, 6.45) is 7.82. The molecule has 2 aliphatic rings. The van der Waals surface area contributed by atoms with Gasteiger partial charge >= 0.3 is 0 Å². The molecule has 2 saturated carbocycles. The smallest absolute Gasteiger partial charge is 0.0942 e. The first-order valence-electron chi connectivity index (χ1n) is 4.58. The summed E-state index contributed by atoms with van der Waals surface area (Å²) < 4.78 is 0. The van der Waals surface area contributed by atoms with Crippen LogP contribution in [0.15, 0.2) is 0 Å². The van der Waals surface area contributed by atoms with Gasteiger partial charge in [0.2, 0.25) is 0 Å². The van der Waals surface area contributed by atoms with E-state index in [9.17, 15) is 0 Å². The maximum absolute atomic E-state index is 7.46. The van der Waals surface area contributed by atoms with Crippen molar-refractivity contribution in [3.8, 4) is 0 Å². The Balaban J connectivity index is 2.10. The molecule has 2 heteroatoms. The molecular weight excluding hydrogens is 136 g/mol. The van der Waals surface area contributed by atoms with Gasteiger partial charge in [0.05, 0.1) is 5.84 Å². The van der Waals surface area contributed by atoms with Gasteiger partial charge in [0.25, 0.3) is 0 Å². The van der Waals surface area contributed by atoms with E-state index in [1.54, 1.807) is 0 Å². The number of hydrogen-bond acceptors (Lipinski definition) is 1. The van der Waals surface area contributed by atoms with Crippen molar-refractivity contribution in [3.63, 3.8) is 0 Å². The van der Waals surface area contributed by atoms with Crippen LogP contribution in [0, 0.1) is 16.7 Å². The van der Waals surface area contributed by atoms with Crippen LogP contribution in [0.5, 0.6) is 0 Å². The van der Waals surface area contributed by atoms with E-state index in [2.05, 4.69) is 0 Å². The molecule has 0 aromatic rings. The van der Waals surface area contributed by atoms with Crippen LogP contribution in [0.1, 0.15) is 38.5 Å². The average Bonchev–Trinajstić information content (AvgIpc) is 2.70. The molecule has 0 aliphatic heterocycles. The van der Waals surface area contributed by atoms with Crippen molar-refractivity contribution in [3.05, 3.63) is 0 Å². The highest BCUT2D eigenvalue weighted by Crippen LogP contribution is 2.59. The molecule has 2 rings (SSSR count). The van der Waals surface area contributed by atoms with Crippen molar-refractivity contribution >= 4 is 5.84 Å². The van der Waals surface area contributed by atoms with Gasteiger partial charge in [-0.05, 0) is 31.1 Å². The van der Waals surface area contributed by atoms with Crippen LogP contribution in [-0.4, -0.2) is 5.84 Å². The minimum absolute atomic E-state index is 0.441. The molecule has 11 heavy (non-hydrogen) atoms. The molecule has 0 radical (unpaired) electrons. The Hall–Kier alpha value is -0.530. The van der Waals surface area contributed by atoms with Gasteiger partial charge in [-0.1, -0.05) is 12.8 Å². The van der Waals surface area contributed by atoms with E-state index in [1.807, 2.05) is 0 Å². The van der Waals surface area contributed by atoms with Gasteiger partial charge in [-0.15, -0.1) is 0 Å². The standard InChI is InChI=1S/C9H16N2/c10-8(11)7-3-1-2-4-9(7)5-6-9/h7H,1-6H2,(H3,10,11)/t7-/m1/s1. The summed E-state index contributed by atoms with van der Waals surface area (Å²) >= 11 is 0. The molecule has 0 heterocycles. The van der Waals surface area contributed by atoms with E-state index in [4.69, 9.17) is 11.1 Å². The van der Waals surface area contributed by atoms with Crippen molar-refractivity contribution in [1.29, 1.82) is 5.41 Å². The summed E-state index contributed by atoms with van der Waals surface area (Å²) in [5.74, 6) is 0.887. The van der Waals surface area contributed by atoms with E-state index < -0.39 is 0 Å². The second kappa shape index (κ2) is 2.23. The molecule has 0 aromatic heterocycles. The van der Waals surface area contributed by atoms with Crippen molar-refractivity contribution < 1.29 is 0 Å². The highest BCUT2D eigenvalue weighted by molar-refractivity contribution is 5.81. The Bertz CT molecular complexity index is 182. The monoisotopic (exact) mass is 152 g/mol. The number of rotatable bonds is 1. The van der Waals surface area contributed by atoms with Gasteiger partial charge in [-0.2, -0.15) is 0 Å². The number of amidine groups is 1. The van der Waals surface area contributed by atoms with Crippen LogP contribution in [0.4, 0.5) is 0 Å². The Morgan fingerprint density at radius 3 is 2.45 bits per heavy atom. The lowest BCUT2D eigenvalue weighted by atomic mass is 9.76. The summed E-state index contributed by atoms with van der Waals surface area (Å²) in [5.41, 5.74) is 6.08. The van der Waals surface area contributed by atoms with E-state index in [1.165, 1.54) is 38.5 Å². The summed E-state index contributed by atoms with van der Waals surface area (Å²) in [6.45, 7) is 0. The topological polar surface area (TPSA) is 49.9 Å². The van der Waals surface area contributed by atoms with E-state index >= 15 is 0 Å². The molecule has 0 saturated heterocycles. The Morgan fingerprint density at radius 2 is 2.00 bits per heavy atom. The summed E-state index contributed by atoms with van der Waals surface area (Å²) in [4.78, 5) is 0. The third-order valence-corrected chi connectivity index (χ3v) is 3.42. The van der Waals surface area contributed by atoms with Gasteiger partial charge in [0.15, 0.2) is 0 Å². The van der Waals surface area contributed by atoms with E-state index in [0.29, 0.717) is 17.2 Å². The maximum atomic E-state index is 7.46. The molecule has 0 aromatic carbocycles. The molecule has 1 spiro atoms. The highest BCUT2D eigenvalue weighted by atomic mass is 14.8. The normalized spacial score (nSPS) is 33.6. The van der Waals surface area contributed by atoms with E-state index in [-0.39, 0.29) is 0 Å². The molecule has 3 N–H and O–H groups in total. The zero-order chi connectivity index (χ0) is 7.90. The lowest BCUT2D eigenvalue weighted by molar-refractivity contribution is 0.275. The number of nitrogens with two attached hydrogens (primary N) is 1. The van der Waals surface area contributed by atoms with Crippen molar-refractivity contribution in [2.24, 2.45) is 17.1 Å². The minimum atomic E-state index is 0.441. The van der Waals surface area contributed by atoms with Gasteiger partial charge in [0.1, 0.15) is 0 Å². The molecule has 2 fully saturated rings. The highest BCUT2D eigenvalue weighted by Gasteiger charge is 2.50. The summed E-state index contributed by atoms with van der Waals surface area (Å²) in [7, 11) is 0. The van der Waals surface area contributed by atoms with Crippen LogP contribution in [0.25, 0.3) is 0 Å². The van der Waals surface area contributed by atoms with Crippen molar-refractivity contribution in [1.82, 2.24) is 0 Å². The minimum Gasteiger partial charge on any atom is -0.387 e. The second-order valence-corrected chi connectivity index (χ2v) is 4.12. The average molecular weight is 152 g/mol. The molecule has 0 unspecified atom stereocenters. The van der Waals surface area contributed by atoms with E-state index in [0.717, 1.165) is 0 Å². The lowest BCUT2D eigenvalue weighted by Gasteiger charge is -2.30. The first-order valence-corrected chi connectivity index (χ1v) is 4.58. The quantitative estimate of drug-likeness (QED) is 0.437. The predicted molar refractivity (Wildman–Crippen MR) is 45.5 cm³/mol. The van der Waals surface area contributed by atoms with Gasteiger partial charge < -0.3 is 5.73 Å². The first kappa shape index (κ1) is 7.14. The molecule has 0 bridgehead atoms. The summed E-state index contributed by atoms with van der Waals surface area (Å²) in [6, 6.07) is 0. The van der Waals surface area contributed by atoms with Gasteiger partial charge in [0, 0.05) is 5.92 Å². The molecule has 0 amide bonds. The predicted octanol–water partition coefficient (Wildman–Crippen LogP) is 1.89. The van der Waals surface area contributed by atoms with Crippen molar-refractivity contribution in [2.75, 3.05) is 0 Å². The molecule has 2 aliphatic carbocycles. The number of nitrogens with one attached hydrogen (secondary N) is 1. The molecule has 1 atom stereocenters. The Kier molecular flexibility index (Phi) is 1.44. The third-order valence-electron chi connectivity index (χ3n) is 3.42. The summed E-state index contributed by atoms with van der Waals surface area (Å²) in [5, 5.41) is 7.46. The molecule has 2 nitrogen and oxygen atoms in total. The Labute approximate surface area is 67.7 Å². The lowest BCUT2D eigenvalue weighted by Crippen LogP contribution is -2.32. The largest absolute Gasteiger partial charge is 0.387 e. The van der Waals surface area contributed by atoms with Gasteiger partial charge in [-0.25, -0.2) is 0 Å².